The number of aromatic nitrogens is 7. The van der Waals surface area contributed by atoms with E-state index in [9.17, 15) is 0 Å². The molecule has 10 aromatic carbocycles. The van der Waals surface area contributed by atoms with Crippen LogP contribution in [-0.2, 0) is 0 Å². The van der Waals surface area contributed by atoms with E-state index in [1.807, 2.05) is 12.3 Å². The summed E-state index contributed by atoms with van der Waals surface area (Å²) >= 11 is 0. The Morgan fingerprint density at radius 3 is 1.05 bits per heavy atom. The lowest BCUT2D eigenvalue weighted by molar-refractivity contribution is 1.04. The van der Waals surface area contributed by atoms with Crippen molar-refractivity contribution in [2.45, 2.75) is 0 Å². The molecule has 0 aliphatic rings. The summed E-state index contributed by atoms with van der Waals surface area (Å²) in [4.78, 5) is 21.8. The molecule has 15 aromatic rings. The smallest absolute Gasteiger partial charge is 0.164 e. The molecule has 0 radical (unpaired) electrons. The third-order valence-corrected chi connectivity index (χ3v) is 14.8. The van der Waals surface area contributed by atoms with Crippen molar-refractivity contribution in [1.82, 2.24) is 33.6 Å². The van der Waals surface area contributed by atoms with Gasteiger partial charge in [-0.25, -0.2) is 15.0 Å². The Bertz CT molecular complexity index is 4320. The standard InChI is InChI=1S/C68H43N7/c1-3-22-44(23-4-1)47-26-7-9-32-53(47)67-70-66(71-68(72-67)54-33-10-8-27-48(54)45-24-5-2-6-25-45)46-42-62(73-56-35-16-11-28-49(56)50-29-12-17-36-57(50)73)65(75-60-39-20-15-34-55(60)64-61(75)40-21-41-69-64)63(43-46)74-58-37-18-13-30-51(58)52-31-14-19-38-59(52)74/h1-43H. The molecule has 5 heterocycles. The highest BCUT2D eigenvalue weighted by Gasteiger charge is 2.28. The molecule has 7 heteroatoms. The molecule has 0 saturated carbocycles. The Kier molecular flexibility index (Phi) is 9.75. The minimum Gasteiger partial charge on any atom is -0.307 e. The van der Waals surface area contributed by atoms with Gasteiger partial charge < -0.3 is 13.7 Å². The van der Waals surface area contributed by atoms with Crippen molar-refractivity contribution in [1.29, 1.82) is 0 Å². The van der Waals surface area contributed by atoms with Crippen LogP contribution in [0.4, 0.5) is 0 Å². The number of nitrogens with zero attached hydrogens (tertiary/aromatic N) is 7. The van der Waals surface area contributed by atoms with Crippen LogP contribution >= 0.6 is 0 Å². The summed E-state index contributed by atoms with van der Waals surface area (Å²) in [6, 6.07) is 90.3. The summed E-state index contributed by atoms with van der Waals surface area (Å²) in [6.45, 7) is 0. The van der Waals surface area contributed by atoms with E-state index in [4.69, 9.17) is 19.9 Å². The van der Waals surface area contributed by atoms with Crippen LogP contribution in [0.1, 0.15) is 0 Å². The summed E-state index contributed by atoms with van der Waals surface area (Å²) in [6.07, 6.45) is 1.89. The van der Waals surface area contributed by atoms with Gasteiger partial charge in [-0.05, 0) is 76.9 Å². The molecule has 0 unspecified atom stereocenters. The van der Waals surface area contributed by atoms with Crippen LogP contribution in [0.2, 0.25) is 0 Å². The highest BCUT2D eigenvalue weighted by molar-refractivity contribution is 6.13. The van der Waals surface area contributed by atoms with Crippen LogP contribution in [0, 0.1) is 0 Å². The molecule has 0 spiro atoms. The molecule has 7 nitrogen and oxygen atoms in total. The topological polar surface area (TPSA) is 66.3 Å². The third-order valence-electron chi connectivity index (χ3n) is 14.8. The predicted molar refractivity (Wildman–Crippen MR) is 308 cm³/mol. The van der Waals surface area contributed by atoms with E-state index in [0.29, 0.717) is 17.5 Å². The molecule has 0 N–H and O–H groups in total. The normalized spacial score (nSPS) is 11.7. The Morgan fingerprint density at radius 2 is 0.600 bits per heavy atom. The number of hydrogen-bond donors (Lipinski definition) is 0. The lowest BCUT2D eigenvalue weighted by atomic mass is 9.98. The predicted octanol–water partition coefficient (Wildman–Crippen LogP) is 16.9. The highest BCUT2D eigenvalue weighted by Crippen LogP contribution is 2.45. The largest absolute Gasteiger partial charge is 0.307 e. The second-order valence-electron chi connectivity index (χ2n) is 19.0. The lowest BCUT2D eigenvalue weighted by Crippen LogP contribution is -2.10. The molecule has 15 rings (SSSR count). The zero-order chi connectivity index (χ0) is 49.4. The Balaban J connectivity index is 1.14. The first-order valence-electron chi connectivity index (χ1n) is 25.3. The van der Waals surface area contributed by atoms with E-state index in [0.717, 1.165) is 122 Å². The van der Waals surface area contributed by atoms with Crippen LogP contribution in [0.15, 0.2) is 261 Å². The van der Waals surface area contributed by atoms with Crippen molar-refractivity contribution in [2.24, 2.45) is 0 Å². The Hall–Kier alpha value is -10.2. The van der Waals surface area contributed by atoms with Gasteiger partial charge in [0.15, 0.2) is 17.5 Å². The first-order valence-corrected chi connectivity index (χ1v) is 25.3. The minimum atomic E-state index is 0.542. The fraction of sp³-hybridized carbons (Fsp3) is 0. The van der Waals surface area contributed by atoms with Crippen LogP contribution in [0.5, 0.6) is 0 Å². The van der Waals surface area contributed by atoms with Gasteiger partial charge in [-0.1, -0.05) is 200 Å². The fourth-order valence-electron chi connectivity index (χ4n) is 11.5. The summed E-state index contributed by atoms with van der Waals surface area (Å²) in [5.74, 6) is 1.69. The maximum absolute atomic E-state index is 5.62. The number of hydrogen-bond acceptors (Lipinski definition) is 4. The van der Waals surface area contributed by atoms with Crippen LogP contribution in [-0.4, -0.2) is 33.6 Å². The van der Waals surface area contributed by atoms with E-state index in [1.54, 1.807) is 0 Å². The molecule has 0 bridgehead atoms. The number of para-hydroxylation sites is 5. The molecule has 350 valence electrons. The van der Waals surface area contributed by atoms with Crippen molar-refractivity contribution in [3.8, 4) is 73.5 Å². The van der Waals surface area contributed by atoms with Gasteiger partial charge in [0.25, 0.3) is 0 Å². The number of pyridine rings is 1. The summed E-state index contributed by atoms with van der Waals surface area (Å²) in [5.41, 5.74) is 17.0. The Morgan fingerprint density at radius 1 is 0.253 bits per heavy atom. The molecule has 0 atom stereocenters. The van der Waals surface area contributed by atoms with Crippen molar-refractivity contribution in [3.63, 3.8) is 0 Å². The van der Waals surface area contributed by atoms with Crippen molar-refractivity contribution in [3.05, 3.63) is 261 Å². The van der Waals surface area contributed by atoms with E-state index in [2.05, 4.69) is 262 Å². The first kappa shape index (κ1) is 42.4. The van der Waals surface area contributed by atoms with E-state index in [1.165, 1.54) is 0 Å². The quantitative estimate of drug-likeness (QED) is 0.152. The van der Waals surface area contributed by atoms with Gasteiger partial charge in [-0.2, -0.15) is 0 Å². The molecule has 0 amide bonds. The van der Waals surface area contributed by atoms with Gasteiger partial charge in [0.05, 0.1) is 55.7 Å². The third kappa shape index (κ3) is 6.75. The van der Waals surface area contributed by atoms with E-state index >= 15 is 0 Å². The second kappa shape index (κ2) is 17.2. The molecule has 5 aromatic heterocycles. The van der Waals surface area contributed by atoms with Crippen molar-refractivity contribution in [2.75, 3.05) is 0 Å². The lowest BCUT2D eigenvalue weighted by Gasteiger charge is -2.23. The summed E-state index contributed by atoms with van der Waals surface area (Å²) < 4.78 is 7.31. The molecule has 75 heavy (non-hydrogen) atoms. The SMILES string of the molecule is c1ccc(-c2ccccc2-c2nc(-c3cc(-n4c5ccccc5c5ccccc54)c(-n4c5ccccc5c5ncccc54)c(-n4c5ccccc5c5ccccc54)c3)nc(-c3ccccc3-c3ccccc3)n2)cc1. The van der Waals surface area contributed by atoms with Crippen LogP contribution in [0.3, 0.4) is 0 Å². The minimum absolute atomic E-state index is 0.542. The molecule has 0 saturated heterocycles. The second-order valence-corrected chi connectivity index (χ2v) is 19.0. The molecular weight excluding hydrogens is 915 g/mol. The average molecular weight is 958 g/mol. The van der Waals surface area contributed by atoms with Gasteiger partial charge in [-0.15, -0.1) is 0 Å². The van der Waals surface area contributed by atoms with Crippen molar-refractivity contribution < 1.29 is 0 Å². The van der Waals surface area contributed by atoms with Gasteiger partial charge in [-0.3, -0.25) is 4.98 Å². The first-order chi connectivity index (χ1) is 37.2. The van der Waals surface area contributed by atoms with Crippen molar-refractivity contribution >= 4 is 65.5 Å². The molecule has 0 aliphatic heterocycles. The molecule has 0 aliphatic carbocycles. The summed E-state index contributed by atoms with van der Waals surface area (Å²) in [7, 11) is 0. The molecular formula is C68H43N7. The summed E-state index contributed by atoms with van der Waals surface area (Å²) in [5, 5.41) is 5.70. The highest BCUT2D eigenvalue weighted by atomic mass is 15.1. The number of benzene rings is 10. The van der Waals surface area contributed by atoms with Gasteiger partial charge in [0.2, 0.25) is 0 Å². The maximum atomic E-state index is 5.62. The zero-order valence-corrected chi connectivity index (χ0v) is 40.5. The zero-order valence-electron chi connectivity index (χ0n) is 40.5. The van der Waals surface area contributed by atoms with Gasteiger partial charge in [0.1, 0.15) is 0 Å². The van der Waals surface area contributed by atoms with Gasteiger partial charge >= 0.3 is 0 Å². The Labute approximate surface area is 431 Å². The van der Waals surface area contributed by atoms with E-state index in [-0.39, 0.29) is 0 Å². The van der Waals surface area contributed by atoms with Crippen LogP contribution in [0.25, 0.3) is 139 Å². The van der Waals surface area contributed by atoms with E-state index < -0.39 is 0 Å². The molecule has 0 fully saturated rings. The average Bonchev–Trinajstić information content (AvgIpc) is 4.19. The number of fused-ring (bicyclic) bond motifs is 9. The maximum Gasteiger partial charge on any atom is 0.164 e. The number of rotatable bonds is 8. The fourth-order valence-corrected chi connectivity index (χ4v) is 11.5. The van der Waals surface area contributed by atoms with Crippen LogP contribution < -0.4 is 0 Å². The van der Waals surface area contributed by atoms with Gasteiger partial charge in [0, 0.05) is 49.8 Å². The monoisotopic (exact) mass is 957 g/mol.